The third-order valence-electron chi connectivity index (χ3n) is 5.46. The molecule has 6 nitrogen and oxygen atoms in total. The maximum absolute atomic E-state index is 5.97. The highest BCUT2D eigenvalue weighted by molar-refractivity contribution is 14.0. The predicted molar refractivity (Wildman–Crippen MR) is 132 cm³/mol. The fraction of sp³-hybridized carbons (Fsp3) is 0.591. The largest absolute Gasteiger partial charge is 0.459 e. The number of benzene rings is 1. The minimum atomic E-state index is 0. The number of hydrogen-bond acceptors (Lipinski definition) is 4. The molecule has 0 bridgehead atoms. The zero-order valence-electron chi connectivity index (χ0n) is 18.0. The lowest BCUT2D eigenvalue weighted by molar-refractivity contribution is 0.152. The Hall–Kier alpha value is -1.32. The van der Waals surface area contributed by atoms with Crippen molar-refractivity contribution in [1.29, 1.82) is 0 Å². The molecule has 1 saturated heterocycles. The van der Waals surface area contributed by atoms with Gasteiger partial charge in [0, 0.05) is 50.2 Å². The molecule has 0 saturated carbocycles. The van der Waals surface area contributed by atoms with E-state index in [-0.39, 0.29) is 24.0 Å². The molecule has 0 atom stereocenters. The molecule has 3 rings (SSSR count). The molecule has 0 radical (unpaired) electrons. The molecule has 1 aliphatic heterocycles. The summed E-state index contributed by atoms with van der Waals surface area (Å²) in [6.45, 7) is 12.5. The molecule has 1 aromatic heterocycles. The van der Waals surface area contributed by atoms with Crippen LogP contribution >= 0.6 is 24.0 Å². The minimum absolute atomic E-state index is 0. The lowest BCUT2D eigenvalue weighted by Crippen LogP contribution is -2.44. The summed E-state index contributed by atoms with van der Waals surface area (Å²) < 4.78 is 5.97. The number of guanidine groups is 1. The molecule has 2 N–H and O–H groups in total. The molecule has 1 fully saturated rings. The molecule has 2 aromatic rings. The lowest BCUT2D eigenvalue weighted by atomic mass is 10.1. The lowest BCUT2D eigenvalue weighted by Gasteiger charge is -2.32. The van der Waals surface area contributed by atoms with Crippen LogP contribution in [-0.2, 0) is 6.54 Å². The number of piperazine rings is 1. The third-order valence-corrected chi connectivity index (χ3v) is 5.46. The number of hydrogen-bond donors (Lipinski definition) is 2. The summed E-state index contributed by atoms with van der Waals surface area (Å²) >= 11 is 0. The monoisotopic (exact) mass is 513 g/mol. The van der Waals surface area contributed by atoms with E-state index in [0.29, 0.717) is 6.54 Å². The van der Waals surface area contributed by atoms with Gasteiger partial charge in [0.05, 0.1) is 0 Å². The summed E-state index contributed by atoms with van der Waals surface area (Å²) in [5.41, 5.74) is 2.12. The van der Waals surface area contributed by atoms with Crippen LogP contribution in [0.15, 0.2) is 33.7 Å². The maximum Gasteiger partial charge on any atom is 0.191 e. The first-order valence-electron chi connectivity index (χ1n) is 10.6. The molecule has 2 heterocycles. The van der Waals surface area contributed by atoms with E-state index >= 15 is 0 Å². The first kappa shape index (κ1) is 24.0. The van der Waals surface area contributed by atoms with E-state index in [9.17, 15) is 0 Å². The van der Waals surface area contributed by atoms with Gasteiger partial charge in [-0.15, -0.1) is 24.0 Å². The number of fused-ring (bicyclic) bond motifs is 1. The molecular formula is C22H36IN5O. The summed E-state index contributed by atoms with van der Waals surface area (Å²) in [5, 5.41) is 7.97. The second kappa shape index (κ2) is 12.4. The Labute approximate surface area is 192 Å². The van der Waals surface area contributed by atoms with Crippen molar-refractivity contribution in [1.82, 2.24) is 20.4 Å². The first-order valence-corrected chi connectivity index (χ1v) is 10.6. The fourth-order valence-corrected chi connectivity index (χ4v) is 3.61. The molecule has 0 aliphatic carbocycles. The van der Waals surface area contributed by atoms with Gasteiger partial charge in [-0.05, 0) is 46.3 Å². The number of unbranched alkanes of at least 4 members (excludes halogenated alkanes) is 1. The average molecular weight is 513 g/mol. The molecule has 0 spiro atoms. The molecule has 7 heteroatoms. The van der Waals surface area contributed by atoms with E-state index in [2.05, 4.69) is 47.4 Å². The summed E-state index contributed by atoms with van der Waals surface area (Å²) in [6.07, 6.45) is 2.37. The molecule has 162 valence electrons. The van der Waals surface area contributed by atoms with Crippen molar-refractivity contribution in [3.8, 4) is 0 Å². The zero-order valence-corrected chi connectivity index (χ0v) is 20.4. The van der Waals surface area contributed by atoms with Crippen LogP contribution in [0.25, 0.3) is 11.0 Å². The van der Waals surface area contributed by atoms with Gasteiger partial charge in [0.2, 0.25) is 0 Å². The topological polar surface area (TPSA) is 56.0 Å². The summed E-state index contributed by atoms with van der Waals surface area (Å²) in [4.78, 5) is 9.70. The zero-order chi connectivity index (χ0) is 19.8. The second-order valence-electron chi connectivity index (χ2n) is 7.62. The van der Waals surface area contributed by atoms with Crippen LogP contribution in [0, 0.1) is 6.92 Å². The van der Waals surface area contributed by atoms with Crippen LogP contribution in [0.3, 0.4) is 0 Å². The van der Waals surface area contributed by atoms with Crippen molar-refractivity contribution in [3.63, 3.8) is 0 Å². The predicted octanol–water partition coefficient (Wildman–Crippen LogP) is 3.44. The van der Waals surface area contributed by atoms with E-state index in [1.165, 1.54) is 50.1 Å². The number of aliphatic imine (C=N–C) groups is 1. The van der Waals surface area contributed by atoms with Crippen molar-refractivity contribution in [2.45, 2.75) is 33.2 Å². The van der Waals surface area contributed by atoms with E-state index < -0.39 is 0 Å². The summed E-state index contributed by atoms with van der Waals surface area (Å²) in [7, 11) is 2.20. The highest BCUT2D eigenvalue weighted by atomic mass is 127. The molecule has 0 unspecified atom stereocenters. The van der Waals surface area contributed by atoms with Crippen LogP contribution < -0.4 is 10.6 Å². The third kappa shape index (κ3) is 7.15. The number of rotatable bonds is 8. The quantitative estimate of drug-likeness (QED) is 0.245. The van der Waals surface area contributed by atoms with Gasteiger partial charge >= 0.3 is 0 Å². The number of aryl methyl sites for hydroxylation is 1. The van der Waals surface area contributed by atoms with Crippen LogP contribution in [-0.4, -0.2) is 68.6 Å². The molecule has 1 aromatic carbocycles. The Balaban J connectivity index is 0.00000300. The number of halogens is 1. The van der Waals surface area contributed by atoms with Crippen molar-refractivity contribution < 1.29 is 4.42 Å². The Morgan fingerprint density at radius 2 is 1.86 bits per heavy atom. The van der Waals surface area contributed by atoms with Gasteiger partial charge in [0.15, 0.2) is 5.96 Å². The Morgan fingerprint density at radius 3 is 2.59 bits per heavy atom. The van der Waals surface area contributed by atoms with Crippen molar-refractivity contribution in [2.24, 2.45) is 4.99 Å². The minimum Gasteiger partial charge on any atom is -0.459 e. The summed E-state index contributed by atoms with van der Waals surface area (Å²) in [5.74, 6) is 1.80. The van der Waals surface area contributed by atoms with Crippen LogP contribution in [0.5, 0.6) is 0 Å². The van der Waals surface area contributed by atoms with Crippen molar-refractivity contribution in [3.05, 3.63) is 35.6 Å². The van der Waals surface area contributed by atoms with Gasteiger partial charge in [0.25, 0.3) is 0 Å². The normalized spacial score (nSPS) is 16.0. The molecule has 29 heavy (non-hydrogen) atoms. The fourth-order valence-electron chi connectivity index (χ4n) is 3.61. The maximum atomic E-state index is 5.97. The van der Waals surface area contributed by atoms with Gasteiger partial charge in [0.1, 0.15) is 17.9 Å². The van der Waals surface area contributed by atoms with Crippen molar-refractivity contribution >= 4 is 40.9 Å². The first-order chi connectivity index (χ1) is 13.7. The van der Waals surface area contributed by atoms with Gasteiger partial charge in [-0.1, -0.05) is 18.2 Å². The van der Waals surface area contributed by atoms with Gasteiger partial charge in [-0.25, -0.2) is 4.99 Å². The van der Waals surface area contributed by atoms with E-state index in [4.69, 9.17) is 9.41 Å². The second-order valence-corrected chi connectivity index (χ2v) is 7.62. The van der Waals surface area contributed by atoms with Crippen LogP contribution in [0.2, 0.25) is 0 Å². The number of likely N-dealkylation sites (N-methyl/N-ethyl adjacent to an activating group) is 1. The Bertz CT molecular complexity index is 768. The number of para-hydroxylation sites is 1. The van der Waals surface area contributed by atoms with Crippen molar-refractivity contribution in [2.75, 3.05) is 52.9 Å². The Morgan fingerprint density at radius 1 is 1.10 bits per heavy atom. The van der Waals surface area contributed by atoms with E-state index in [0.717, 1.165) is 36.8 Å². The number of nitrogens with zero attached hydrogens (tertiary/aromatic N) is 3. The van der Waals surface area contributed by atoms with Gasteiger partial charge in [-0.3, -0.25) is 0 Å². The Kier molecular flexibility index (Phi) is 10.2. The highest BCUT2D eigenvalue weighted by Crippen LogP contribution is 2.25. The summed E-state index contributed by atoms with van der Waals surface area (Å²) in [6, 6.07) is 8.17. The standard InChI is InChI=1S/C22H35N5O.HI/c1-4-23-22(24-11-7-8-12-27-15-13-26(3)14-16-27)25-17-21-18(2)19-9-5-6-10-20(19)28-21;/h5-6,9-10H,4,7-8,11-17H2,1-3H3,(H2,23,24,25);1H. The molecular weight excluding hydrogens is 477 g/mol. The smallest absolute Gasteiger partial charge is 0.191 e. The van der Waals surface area contributed by atoms with Gasteiger partial charge < -0.3 is 24.9 Å². The average Bonchev–Trinajstić information content (AvgIpc) is 3.03. The number of furan rings is 1. The SMILES string of the molecule is CCNC(=NCc1oc2ccccc2c1C)NCCCCN1CCN(C)CC1.I. The number of nitrogens with one attached hydrogen (secondary N) is 2. The van der Waals surface area contributed by atoms with E-state index in [1.807, 2.05) is 18.2 Å². The van der Waals surface area contributed by atoms with Crippen LogP contribution in [0.4, 0.5) is 0 Å². The van der Waals surface area contributed by atoms with Gasteiger partial charge in [-0.2, -0.15) is 0 Å². The van der Waals surface area contributed by atoms with Crippen LogP contribution in [0.1, 0.15) is 31.1 Å². The highest BCUT2D eigenvalue weighted by Gasteiger charge is 2.13. The van der Waals surface area contributed by atoms with E-state index in [1.54, 1.807) is 0 Å². The molecule has 0 amide bonds. The molecule has 1 aliphatic rings.